The molecule has 1 saturated heterocycles. The minimum atomic E-state index is -4.17. The molecule has 0 aromatic heterocycles. The summed E-state index contributed by atoms with van der Waals surface area (Å²) in [6.07, 6.45) is -3.36. The number of halogens is 3. The van der Waals surface area contributed by atoms with E-state index < -0.39 is 18.6 Å². The molecule has 2 fully saturated rings. The number of imide groups is 1. The van der Waals surface area contributed by atoms with Crippen LogP contribution in [-0.2, 0) is 9.59 Å². The van der Waals surface area contributed by atoms with E-state index >= 15 is 0 Å². The average molecular weight is 264 g/mol. The molecule has 2 amide bonds. The van der Waals surface area contributed by atoms with Crippen molar-refractivity contribution >= 4 is 11.8 Å². The molecule has 1 saturated carbocycles. The van der Waals surface area contributed by atoms with Crippen LogP contribution in [0.25, 0.3) is 0 Å². The third kappa shape index (κ3) is 3.22. The molecular formula is C11H15F3N2O2. The van der Waals surface area contributed by atoms with Crippen molar-refractivity contribution in [1.82, 2.24) is 10.2 Å². The fourth-order valence-electron chi connectivity index (χ4n) is 2.09. The number of hydrogen-bond acceptors (Lipinski definition) is 3. The molecular weight excluding hydrogens is 249 g/mol. The number of likely N-dealkylation sites (tertiary alicyclic amines) is 1. The lowest BCUT2D eigenvalue weighted by molar-refractivity contribution is -0.139. The Morgan fingerprint density at radius 1 is 1.28 bits per heavy atom. The highest BCUT2D eigenvalue weighted by atomic mass is 19.4. The second-order valence-electron chi connectivity index (χ2n) is 4.76. The summed E-state index contributed by atoms with van der Waals surface area (Å²) in [5, 5.41) is 2.73. The van der Waals surface area contributed by atoms with Crippen molar-refractivity contribution in [3.8, 4) is 0 Å². The van der Waals surface area contributed by atoms with Crippen LogP contribution in [0.15, 0.2) is 0 Å². The van der Waals surface area contributed by atoms with Crippen LogP contribution in [0.4, 0.5) is 13.2 Å². The predicted molar refractivity (Wildman–Crippen MR) is 56.6 cm³/mol. The minimum absolute atomic E-state index is 0.0342. The number of carbonyl (C=O) groups excluding carboxylic acids is 2. The summed E-state index contributed by atoms with van der Waals surface area (Å²) in [5.41, 5.74) is 0. The molecule has 0 aromatic carbocycles. The highest BCUT2D eigenvalue weighted by Crippen LogP contribution is 2.31. The number of rotatable bonds is 5. The number of nitrogens with one attached hydrogen (secondary N) is 1. The molecule has 1 atom stereocenters. The first kappa shape index (κ1) is 13.3. The van der Waals surface area contributed by atoms with Crippen molar-refractivity contribution in [2.24, 2.45) is 0 Å². The van der Waals surface area contributed by atoms with E-state index in [0.717, 1.165) is 12.8 Å². The lowest BCUT2D eigenvalue weighted by atomic mass is 10.2. The molecule has 0 spiro atoms. The first-order valence-electron chi connectivity index (χ1n) is 6.04. The molecule has 0 aromatic rings. The van der Waals surface area contributed by atoms with Crippen LogP contribution in [0.2, 0.25) is 0 Å². The Morgan fingerprint density at radius 3 is 2.50 bits per heavy atom. The summed E-state index contributed by atoms with van der Waals surface area (Å²) in [6, 6.07) is -0.599. The number of alkyl halides is 3. The zero-order valence-electron chi connectivity index (χ0n) is 9.79. The van der Waals surface area contributed by atoms with Gasteiger partial charge >= 0.3 is 6.18 Å². The molecule has 102 valence electrons. The molecule has 0 radical (unpaired) electrons. The van der Waals surface area contributed by atoms with Gasteiger partial charge in [0.1, 0.15) is 0 Å². The number of nitrogens with zero attached hydrogens (tertiary/aromatic N) is 1. The maximum atomic E-state index is 11.9. The van der Waals surface area contributed by atoms with Crippen LogP contribution in [0.1, 0.15) is 32.1 Å². The molecule has 0 bridgehead atoms. The van der Waals surface area contributed by atoms with Gasteiger partial charge in [-0.05, 0) is 25.8 Å². The van der Waals surface area contributed by atoms with Gasteiger partial charge in [0.25, 0.3) is 0 Å². The van der Waals surface area contributed by atoms with Crippen LogP contribution < -0.4 is 5.32 Å². The van der Waals surface area contributed by atoms with E-state index in [9.17, 15) is 22.8 Å². The Morgan fingerprint density at radius 2 is 1.94 bits per heavy atom. The summed E-state index contributed by atoms with van der Waals surface area (Å²) in [5.74, 6) is -0.495. The zero-order chi connectivity index (χ0) is 13.3. The monoisotopic (exact) mass is 264 g/mol. The Balaban J connectivity index is 1.74. The van der Waals surface area contributed by atoms with Crippen LogP contribution in [-0.4, -0.2) is 41.5 Å². The van der Waals surface area contributed by atoms with Gasteiger partial charge in [0, 0.05) is 12.5 Å². The number of carbonyl (C=O) groups is 2. The topological polar surface area (TPSA) is 49.4 Å². The lowest BCUT2D eigenvalue weighted by Gasteiger charge is -2.14. The van der Waals surface area contributed by atoms with Gasteiger partial charge < -0.3 is 5.32 Å². The summed E-state index contributed by atoms with van der Waals surface area (Å²) < 4.78 is 35.7. The van der Waals surface area contributed by atoms with Crippen molar-refractivity contribution < 1.29 is 22.8 Å². The maximum absolute atomic E-state index is 11.9. The van der Waals surface area contributed by atoms with Gasteiger partial charge in [-0.25, -0.2) is 0 Å². The van der Waals surface area contributed by atoms with Crippen molar-refractivity contribution in [2.75, 3.05) is 6.54 Å². The van der Waals surface area contributed by atoms with E-state index in [2.05, 4.69) is 5.32 Å². The first-order valence-corrected chi connectivity index (χ1v) is 6.04. The summed E-state index contributed by atoms with van der Waals surface area (Å²) in [7, 11) is 0. The quantitative estimate of drug-likeness (QED) is 0.600. The molecule has 18 heavy (non-hydrogen) atoms. The van der Waals surface area contributed by atoms with Gasteiger partial charge in [0.05, 0.1) is 12.5 Å². The van der Waals surface area contributed by atoms with Crippen molar-refractivity contribution in [3.63, 3.8) is 0 Å². The number of amides is 2. The van der Waals surface area contributed by atoms with Gasteiger partial charge in [0.2, 0.25) is 11.8 Å². The molecule has 1 aliphatic heterocycles. The SMILES string of the molecule is O=C1CC(NCCCC(F)(F)F)C(=O)N1C1CC1. The van der Waals surface area contributed by atoms with Crippen LogP contribution >= 0.6 is 0 Å². The van der Waals surface area contributed by atoms with E-state index in [1.807, 2.05) is 0 Å². The van der Waals surface area contributed by atoms with Crippen LogP contribution in [0, 0.1) is 0 Å². The van der Waals surface area contributed by atoms with E-state index in [1.54, 1.807) is 0 Å². The summed E-state index contributed by atoms with van der Waals surface area (Å²) in [6.45, 7) is 0.0989. The van der Waals surface area contributed by atoms with E-state index in [-0.39, 0.29) is 37.2 Å². The number of hydrogen-bond donors (Lipinski definition) is 1. The Bertz CT molecular complexity index is 353. The van der Waals surface area contributed by atoms with Crippen LogP contribution in [0.3, 0.4) is 0 Å². The molecule has 1 heterocycles. The molecule has 1 N–H and O–H groups in total. The Kier molecular flexibility index (Phi) is 3.61. The van der Waals surface area contributed by atoms with Gasteiger partial charge in [0.15, 0.2) is 0 Å². The fraction of sp³-hybridized carbons (Fsp3) is 0.818. The van der Waals surface area contributed by atoms with E-state index in [0.29, 0.717) is 0 Å². The first-order chi connectivity index (χ1) is 8.38. The van der Waals surface area contributed by atoms with Gasteiger partial charge in [-0.2, -0.15) is 13.2 Å². The van der Waals surface area contributed by atoms with E-state index in [1.165, 1.54) is 4.90 Å². The molecule has 4 nitrogen and oxygen atoms in total. The largest absolute Gasteiger partial charge is 0.389 e. The second-order valence-corrected chi connectivity index (χ2v) is 4.76. The summed E-state index contributed by atoms with van der Waals surface area (Å²) in [4.78, 5) is 24.6. The molecule has 2 rings (SSSR count). The Hall–Kier alpha value is -1.11. The van der Waals surface area contributed by atoms with Crippen molar-refractivity contribution in [2.45, 2.75) is 50.4 Å². The van der Waals surface area contributed by atoms with E-state index in [4.69, 9.17) is 0 Å². The molecule has 2 aliphatic rings. The zero-order valence-corrected chi connectivity index (χ0v) is 9.79. The lowest BCUT2D eigenvalue weighted by Crippen LogP contribution is -2.40. The molecule has 7 heteroatoms. The highest BCUT2D eigenvalue weighted by molar-refractivity contribution is 6.06. The predicted octanol–water partition coefficient (Wildman–Crippen LogP) is 1.21. The van der Waals surface area contributed by atoms with Crippen molar-refractivity contribution in [1.29, 1.82) is 0 Å². The van der Waals surface area contributed by atoms with Crippen molar-refractivity contribution in [3.05, 3.63) is 0 Å². The third-order valence-electron chi connectivity index (χ3n) is 3.12. The fourth-order valence-corrected chi connectivity index (χ4v) is 2.09. The smallest absolute Gasteiger partial charge is 0.305 e. The third-order valence-corrected chi connectivity index (χ3v) is 3.12. The average Bonchev–Trinajstić information content (AvgIpc) is 3.01. The standard InChI is InChI=1S/C11H15F3N2O2/c12-11(13,14)4-1-5-15-8-6-9(17)16(10(8)18)7-2-3-7/h7-8,15H,1-6H2. The molecule has 1 aliphatic carbocycles. The summed E-state index contributed by atoms with van der Waals surface area (Å²) >= 11 is 0. The minimum Gasteiger partial charge on any atom is -0.305 e. The van der Waals surface area contributed by atoms with Gasteiger partial charge in [-0.15, -0.1) is 0 Å². The highest BCUT2D eigenvalue weighted by Gasteiger charge is 2.45. The second kappa shape index (κ2) is 4.87. The Labute approximate surface area is 103 Å². The normalized spacial score (nSPS) is 25.1. The molecule has 1 unspecified atom stereocenters. The van der Waals surface area contributed by atoms with Gasteiger partial charge in [-0.1, -0.05) is 0 Å². The van der Waals surface area contributed by atoms with Gasteiger partial charge in [-0.3, -0.25) is 14.5 Å². The van der Waals surface area contributed by atoms with Crippen LogP contribution in [0.5, 0.6) is 0 Å². The maximum Gasteiger partial charge on any atom is 0.389 e.